The van der Waals surface area contributed by atoms with Crippen LogP contribution in [0.3, 0.4) is 0 Å². The third-order valence-electron chi connectivity index (χ3n) is 3.95. The second kappa shape index (κ2) is 9.95. The Hall–Kier alpha value is -0.860. The summed E-state index contributed by atoms with van der Waals surface area (Å²) in [4.78, 5) is 0. The van der Waals surface area contributed by atoms with E-state index in [1.165, 1.54) is 12.0 Å². The van der Waals surface area contributed by atoms with Crippen LogP contribution in [0, 0.1) is 11.8 Å². The van der Waals surface area contributed by atoms with Gasteiger partial charge < -0.3 is 10.6 Å². The summed E-state index contributed by atoms with van der Waals surface area (Å²) in [7, 11) is 0. The van der Waals surface area contributed by atoms with Crippen LogP contribution in [0.15, 0.2) is 30.3 Å². The van der Waals surface area contributed by atoms with Crippen LogP contribution in [0.2, 0.25) is 0 Å². The Labute approximate surface area is 125 Å². The van der Waals surface area contributed by atoms with Crippen LogP contribution in [0.5, 0.6) is 0 Å². The summed E-state index contributed by atoms with van der Waals surface area (Å²) < 4.78 is 0. The molecule has 114 valence electrons. The fourth-order valence-corrected chi connectivity index (χ4v) is 2.46. The van der Waals surface area contributed by atoms with Crippen molar-refractivity contribution in [3.63, 3.8) is 0 Å². The van der Waals surface area contributed by atoms with Gasteiger partial charge in [-0.1, -0.05) is 64.4 Å². The molecule has 0 spiro atoms. The molecule has 2 N–H and O–H groups in total. The van der Waals surface area contributed by atoms with E-state index in [0.29, 0.717) is 11.8 Å². The quantitative estimate of drug-likeness (QED) is 0.637. The molecule has 2 unspecified atom stereocenters. The minimum absolute atomic E-state index is 0.617. The van der Waals surface area contributed by atoms with Crippen LogP contribution in [0.4, 0.5) is 0 Å². The molecule has 0 heterocycles. The first-order valence-electron chi connectivity index (χ1n) is 8.11. The first kappa shape index (κ1) is 17.2. The first-order valence-corrected chi connectivity index (χ1v) is 8.11. The van der Waals surface area contributed by atoms with E-state index in [2.05, 4.69) is 68.7 Å². The standard InChI is InChI=1S/C18H32N2/c1-5-16(4)18(17-9-7-6-8-10-17)14-20-12-11-19-13-15(2)3/h6-10,15-16,18-20H,5,11-14H2,1-4H3. The Morgan fingerprint density at radius 2 is 1.50 bits per heavy atom. The zero-order valence-electron chi connectivity index (χ0n) is 13.7. The maximum absolute atomic E-state index is 3.61. The van der Waals surface area contributed by atoms with E-state index < -0.39 is 0 Å². The highest BCUT2D eigenvalue weighted by Gasteiger charge is 2.17. The van der Waals surface area contributed by atoms with E-state index in [4.69, 9.17) is 0 Å². The summed E-state index contributed by atoms with van der Waals surface area (Å²) in [6, 6.07) is 10.9. The summed E-state index contributed by atoms with van der Waals surface area (Å²) in [5, 5.41) is 7.09. The zero-order valence-corrected chi connectivity index (χ0v) is 13.7. The maximum atomic E-state index is 3.61. The van der Waals surface area contributed by atoms with Crippen LogP contribution >= 0.6 is 0 Å². The molecule has 0 amide bonds. The summed E-state index contributed by atoms with van der Waals surface area (Å²) in [6.45, 7) is 13.4. The number of hydrogen-bond donors (Lipinski definition) is 2. The van der Waals surface area contributed by atoms with E-state index in [1.54, 1.807) is 0 Å². The van der Waals surface area contributed by atoms with Gasteiger partial charge in [0.1, 0.15) is 0 Å². The Bertz CT molecular complexity index is 335. The van der Waals surface area contributed by atoms with Crippen molar-refractivity contribution in [2.24, 2.45) is 11.8 Å². The van der Waals surface area contributed by atoms with Crippen molar-refractivity contribution >= 4 is 0 Å². The molecule has 1 rings (SSSR count). The smallest absolute Gasteiger partial charge is 0.00769 e. The van der Waals surface area contributed by atoms with Crippen molar-refractivity contribution in [3.05, 3.63) is 35.9 Å². The van der Waals surface area contributed by atoms with Gasteiger partial charge in [-0.15, -0.1) is 0 Å². The lowest BCUT2D eigenvalue weighted by Crippen LogP contribution is -2.33. The first-order chi connectivity index (χ1) is 9.65. The minimum Gasteiger partial charge on any atom is -0.315 e. The van der Waals surface area contributed by atoms with Gasteiger partial charge >= 0.3 is 0 Å². The number of rotatable bonds is 10. The number of nitrogens with one attached hydrogen (secondary N) is 2. The highest BCUT2D eigenvalue weighted by atomic mass is 14.9. The molecule has 0 saturated heterocycles. The van der Waals surface area contributed by atoms with Crippen LogP contribution in [-0.2, 0) is 0 Å². The van der Waals surface area contributed by atoms with Gasteiger partial charge in [-0.2, -0.15) is 0 Å². The molecule has 0 fully saturated rings. The molecule has 0 aliphatic carbocycles. The average molecular weight is 276 g/mol. The van der Waals surface area contributed by atoms with Gasteiger partial charge in [-0.05, 0) is 29.9 Å². The molecule has 0 radical (unpaired) electrons. The van der Waals surface area contributed by atoms with Crippen molar-refractivity contribution in [1.82, 2.24) is 10.6 Å². The topological polar surface area (TPSA) is 24.1 Å². The monoisotopic (exact) mass is 276 g/mol. The van der Waals surface area contributed by atoms with Crippen molar-refractivity contribution < 1.29 is 0 Å². The average Bonchev–Trinajstić information content (AvgIpc) is 2.46. The van der Waals surface area contributed by atoms with Gasteiger partial charge in [-0.3, -0.25) is 0 Å². The molecule has 0 aliphatic rings. The van der Waals surface area contributed by atoms with Gasteiger partial charge in [0, 0.05) is 19.6 Å². The van der Waals surface area contributed by atoms with Crippen LogP contribution in [0.25, 0.3) is 0 Å². The van der Waals surface area contributed by atoms with Gasteiger partial charge in [-0.25, -0.2) is 0 Å². The predicted octanol–water partition coefficient (Wildman–Crippen LogP) is 3.65. The van der Waals surface area contributed by atoms with Gasteiger partial charge in [0.25, 0.3) is 0 Å². The molecule has 2 nitrogen and oxygen atoms in total. The fourth-order valence-electron chi connectivity index (χ4n) is 2.46. The van der Waals surface area contributed by atoms with Gasteiger partial charge in [0.2, 0.25) is 0 Å². The minimum atomic E-state index is 0.617. The molecule has 0 aliphatic heterocycles. The molecule has 0 aromatic heterocycles. The summed E-state index contributed by atoms with van der Waals surface area (Å²) >= 11 is 0. The third kappa shape index (κ3) is 6.53. The molecule has 20 heavy (non-hydrogen) atoms. The van der Waals surface area contributed by atoms with E-state index in [-0.39, 0.29) is 0 Å². The predicted molar refractivity (Wildman–Crippen MR) is 89.2 cm³/mol. The second-order valence-corrected chi connectivity index (χ2v) is 6.20. The Balaban J connectivity index is 2.35. The van der Waals surface area contributed by atoms with Crippen LogP contribution < -0.4 is 10.6 Å². The molecule has 2 atom stereocenters. The normalized spacial score (nSPS) is 14.4. The SMILES string of the molecule is CCC(C)C(CNCCNCC(C)C)c1ccccc1. The third-order valence-corrected chi connectivity index (χ3v) is 3.95. The van der Waals surface area contributed by atoms with E-state index in [9.17, 15) is 0 Å². The zero-order chi connectivity index (χ0) is 14.8. The summed E-state index contributed by atoms with van der Waals surface area (Å²) in [6.07, 6.45) is 1.23. The maximum Gasteiger partial charge on any atom is 0.00769 e. The van der Waals surface area contributed by atoms with Gasteiger partial charge in [0.05, 0.1) is 0 Å². The van der Waals surface area contributed by atoms with E-state index in [0.717, 1.165) is 32.1 Å². The highest BCUT2D eigenvalue weighted by Crippen LogP contribution is 2.25. The van der Waals surface area contributed by atoms with Gasteiger partial charge in [0.15, 0.2) is 0 Å². The molecular formula is C18H32N2. The summed E-state index contributed by atoms with van der Waals surface area (Å²) in [5.74, 6) is 2.06. The Morgan fingerprint density at radius 3 is 2.05 bits per heavy atom. The van der Waals surface area contributed by atoms with E-state index in [1.807, 2.05) is 0 Å². The van der Waals surface area contributed by atoms with Crippen LogP contribution in [0.1, 0.15) is 45.6 Å². The van der Waals surface area contributed by atoms with Crippen LogP contribution in [-0.4, -0.2) is 26.2 Å². The number of benzene rings is 1. The molecule has 2 heteroatoms. The number of hydrogen-bond acceptors (Lipinski definition) is 2. The Kier molecular flexibility index (Phi) is 8.56. The molecular weight excluding hydrogens is 244 g/mol. The van der Waals surface area contributed by atoms with Crippen molar-refractivity contribution in [3.8, 4) is 0 Å². The highest BCUT2D eigenvalue weighted by molar-refractivity contribution is 5.20. The fraction of sp³-hybridized carbons (Fsp3) is 0.667. The summed E-state index contributed by atoms with van der Waals surface area (Å²) in [5.41, 5.74) is 1.46. The molecule has 0 bridgehead atoms. The lowest BCUT2D eigenvalue weighted by molar-refractivity contribution is 0.418. The largest absolute Gasteiger partial charge is 0.315 e. The lowest BCUT2D eigenvalue weighted by atomic mass is 9.85. The molecule has 0 saturated carbocycles. The molecule has 1 aromatic rings. The Morgan fingerprint density at radius 1 is 0.900 bits per heavy atom. The van der Waals surface area contributed by atoms with Crippen molar-refractivity contribution in [2.45, 2.75) is 40.0 Å². The van der Waals surface area contributed by atoms with Crippen molar-refractivity contribution in [2.75, 3.05) is 26.2 Å². The van der Waals surface area contributed by atoms with E-state index >= 15 is 0 Å². The second-order valence-electron chi connectivity index (χ2n) is 6.20. The molecule has 1 aromatic carbocycles. The van der Waals surface area contributed by atoms with Crippen molar-refractivity contribution in [1.29, 1.82) is 0 Å². The lowest BCUT2D eigenvalue weighted by Gasteiger charge is -2.24.